The number of benzene rings is 1. The molecule has 1 N–H and O–H groups in total. The summed E-state index contributed by atoms with van der Waals surface area (Å²) in [5.74, 6) is 0. The minimum atomic E-state index is -3.70. The predicted molar refractivity (Wildman–Crippen MR) is 67.9 cm³/mol. The van der Waals surface area contributed by atoms with Crippen molar-refractivity contribution in [3.8, 4) is 0 Å². The molecule has 0 bridgehead atoms. The molecular formula is C11H16N2O4S. The molecule has 100 valence electrons. The van der Waals surface area contributed by atoms with Crippen molar-refractivity contribution in [1.29, 1.82) is 0 Å². The van der Waals surface area contributed by atoms with Crippen LogP contribution in [0.25, 0.3) is 0 Å². The molecule has 0 heterocycles. The van der Waals surface area contributed by atoms with Gasteiger partial charge in [-0.3, -0.25) is 10.1 Å². The summed E-state index contributed by atoms with van der Waals surface area (Å²) >= 11 is 0. The first-order chi connectivity index (χ1) is 8.27. The monoisotopic (exact) mass is 272 g/mol. The molecule has 0 unspecified atom stereocenters. The lowest BCUT2D eigenvalue weighted by Gasteiger charge is -2.12. The van der Waals surface area contributed by atoms with Crippen LogP contribution in [0.3, 0.4) is 0 Å². The Morgan fingerprint density at radius 3 is 2.56 bits per heavy atom. The van der Waals surface area contributed by atoms with Crippen LogP contribution in [0.4, 0.5) is 5.69 Å². The summed E-state index contributed by atoms with van der Waals surface area (Å²) < 4.78 is 26.4. The van der Waals surface area contributed by atoms with Crippen molar-refractivity contribution in [2.45, 2.75) is 38.1 Å². The van der Waals surface area contributed by atoms with Gasteiger partial charge in [-0.15, -0.1) is 0 Å². The van der Waals surface area contributed by atoms with Crippen LogP contribution in [0.2, 0.25) is 0 Å². The van der Waals surface area contributed by atoms with Crippen molar-refractivity contribution in [2.75, 3.05) is 0 Å². The fourth-order valence-corrected chi connectivity index (χ4v) is 2.72. The highest BCUT2D eigenvalue weighted by molar-refractivity contribution is 7.89. The van der Waals surface area contributed by atoms with Crippen molar-refractivity contribution in [1.82, 2.24) is 4.72 Å². The van der Waals surface area contributed by atoms with Crippen LogP contribution in [0.15, 0.2) is 23.1 Å². The molecular weight excluding hydrogens is 256 g/mol. The van der Waals surface area contributed by atoms with E-state index in [0.717, 1.165) is 6.07 Å². The van der Waals surface area contributed by atoms with E-state index >= 15 is 0 Å². The van der Waals surface area contributed by atoms with Gasteiger partial charge in [-0.2, -0.15) is 0 Å². The van der Waals surface area contributed by atoms with Gasteiger partial charge in [0.2, 0.25) is 10.0 Å². The number of nitrogens with zero attached hydrogens (tertiary/aromatic N) is 1. The number of hydrogen-bond donors (Lipinski definition) is 1. The summed E-state index contributed by atoms with van der Waals surface area (Å²) in [6.45, 7) is 5.15. The van der Waals surface area contributed by atoms with Gasteiger partial charge in [0.25, 0.3) is 5.69 Å². The minimum Gasteiger partial charge on any atom is -0.258 e. The number of sulfonamides is 1. The first kappa shape index (κ1) is 14.6. The number of hydrogen-bond acceptors (Lipinski definition) is 4. The molecule has 0 amide bonds. The third-order valence-electron chi connectivity index (χ3n) is 2.66. The Balaban J connectivity index is 3.18. The molecule has 0 saturated heterocycles. The van der Waals surface area contributed by atoms with Gasteiger partial charge in [0.15, 0.2) is 0 Å². The third kappa shape index (κ3) is 3.27. The Labute approximate surface area is 106 Å². The van der Waals surface area contributed by atoms with Gasteiger partial charge >= 0.3 is 0 Å². The number of nitro benzene ring substituents is 1. The van der Waals surface area contributed by atoms with Crippen LogP contribution in [-0.2, 0) is 10.0 Å². The van der Waals surface area contributed by atoms with E-state index in [1.54, 1.807) is 13.8 Å². The Morgan fingerprint density at radius 1 is 1.44 bits per heavy atom. The van der Waals surface area contributed by atoms with E-state index in [1.165, 1.54) is 12.1 Å². The average molecular weight is 272 g/mol. The van der Waals surface area contributed by atoms with Crippen molar-refractivity contribution in [2.24, 2.45) is 0 Å². The van der Waals surface area contributed by atoms with Crippen molar-refractivity contribution >= 4 is 15.7 Å². The van der Waals surface area contributed by atoms with Gasteiger partial charge in [0.1, 0.15) is 0 Å². The highest BCUT2D eigenvalue weighted by Crippen LogP contribution is 2.22. The maximum Gasteiger partial charge on any atom is 0.273 e. The van der Waals surface area contributed by atoms with E-state index in [0.29, 0.717) is 12.0 Å². The molecule has 1 aromatic carbocycles. The molecule has 1 atom stereocenters. The highest BCUT2D eigenvalue weighted by atomic mass is 32.2. The summed E-state index contributed by atoms with van der Waals surface area (Å²) in [6.07, 6.45) is 0.646. The molecule has 1 rings (SSSR count). The minimum absolute atomic E-state index is 0.0832. The van der Waals surface area contributed by atoms with E-state index in [4.69, 9.17) is 0 Å². The number of nitro groups is 1. The second-order valence-electron chi connectivity index (χ2n) is 4.14. The van der Waals surface area contributed by atoms with Crippen LogP contribution >= 0.6 is 0 Å². The topological polar surface area (TPSA) is 89.3 Å². The van der Waals surface area contributed by atoms with Crippen LogP contribution in [0.1, 0.15) is 25.8 Å². The molecule has 0 aliphatic carbocycles. The lowest BCUT2D eigenvalue weighted by molar-refractivity contribution is -0.385. The van der Waals surface area contributed by atoms with Crippen LogP contribution in [0.5, 0.6) is 0 Å². The number of aryl methyl sites for hydroxylation is 1. The smallest absolute Gasteiger partial charge is 0.258 e. The Bertz CT molecular complexity index is 554. The summed E-state index contributed by atoms with van der Waals surface area (Å²) in [7, 11) is -3.70. The number of nitrogens with one attached hydrogen (secondary N) is 1. The van der Waals surface area contributed by atoms with Gasteiger partial charge in [0, 0.05) is 17.7 Å². The first-order valence-electron chi connectivity index (χ1n) is 5.55. The van der Waals surface area contributed by atoms with Gasteiger partial charge in [-0.05, 0) is 26.3 Å². The molecule has 18 heavy (non-hydrogen) atoms. The maximum atomic E-state index is 12.0. The average Bonchev–Trinajstić information content (AvgIpc) is 2.28. The van der Waals surface area contributed by atoms with Gasteiger partial charge in [-0.25, -0.2) is 13.1 Å². The Hall–Kier alpha value is -1.47. The summed E-state index contributed by atoms with van der Waals surface area (Å²) in [4.78, 5) is 10.1. The molecule has 0 aliphatic heterocycles. The molecule has 1 aromatic rings. The van der Waals surface area contributed by atoms with Gasteiger partial charge in [0.05, 0.1) is 9.82 Å². The summed E-state index contributed by atoms with van der Waals surface area (Å²) in [5, 5.41) is 10.8. The van der Waals surface area contributed by atoms with Crippen molar-refractivity contribution in [3.05, 3.63) is 33.9 Å². The molecule has 0 aromatic heterocycles. The predicted octanol–water partition coefficient (Wildman–Crippen LogP) is 1.98. The van der Waals surface area contributed by atoms with Crippen molar-refractivity contribution < 1.29 is 13.3 Å². The van der Waals surface area contributed by atoms with Crippen molar-refractivity contribution in [3.63, 3.8) is 0 Å². The zero-order valence-electron chi connectivity index (χ0n) is 10.5. The number of rotatable bonds is 5. The highest BCUT2D eigenvalue weighted by Gasteiger charge is 2.20. The largest absolute Gasteiger partial charge is 0.273 e. The normalized spacial score (nSPS) is 13.3. The van der Waals surface area contributed by atoms with Crippen LogP contribution in [-0.4, -0.2) is 19.4 Å². The SMILES string of the molecule is CC[C@H](C)NS(=O)(=O)c1ccc(C)c([N+](=O)[O-])c1. The molecule has 0 fully saturated rings. The zero-order chi connectivity index (χ0) is 13.9. The van der Waals surface area contributed by atoms with Crippen LogP contribution in [0, 0.1) is 17.0 Å². The lowest BCUT2D eigenvalue weighted by atomic mass is 10.2. The van der Waals surface area contributed by atoms with E-state index in [2.05, 4.69) is 4.72 Å². The Kier molecular flexibility index (Phi) is 4.42. The standard InChI is InChI=1S/C11H16N2O4S/c1-4-9(3)12-18(16,17)10-6-5-8(2)11(7-10)13(14)15/h5-7,9,12H,4H2,1-3H3/t9-/m0/s1. The van der Waals surface area contributed by atoms with Crippen LogP contribution < -0.4 is 4.72 Å². The van der Waals surface area contributed by atoms with Gasteiger partial charge < -0.3 is 0 Å². The summed E-state index contributed by atoms with van der Waals surface area (Å²) in [5.41, 5.74) is 0.240. The van der Waals surface area contributed by atoms with E-state index in [1.807, 2.05) is 6.92 Å². The maximum absolute atomic E-state index is 12.0. The Morgan fingerprint density at radius 2 is 2.06 bits per heavy atom. The lowest BCUT2D eigenvalue weighted by Crippen LogP contribution is -2.32. The molecule has 0 saturated carbocycles. The second-order valence-corrected chi connectivity index (χ2v) is 5.85. The molecule has 0 radical (unpaired) electrons. The molecule has 0 aliphatic rings. The zero-order valence-corrected chi connectivity index (χ0v) is 11.3. The third-order valence-corrected chi connectivity index (χ3v) is 4.24. The van der Waals surface area contributed by atoms with E-state index < -0.39 is 14.9 Å². The van der Waals surface area contributed by atoms with E-state index in [9.17, 15) is 18.5 Å². The van der Waals surface area contributed by atoms with Gasteiger partial charge in [-0.1, -0.05) is 13.0 Å². The molecule has 7 heteroatoms. The fraction of sp³-hybridized carbons (Fsp3) is 0.455. The molecule has 6 nitrogen and oxygen atoms in total. The quantitative estimate of drug-likeness (QED) is 0.655. The first-order valence-corrected chi connectivity index (χ1v) is 7.03. The second kappa shape index (κ2) is 5.45. The van der Waals surface area contributed by atoms with E-state index in [-0.39, 0.29) is 16.6 Å². The fourth-order valence-electron chi connectivity index (χ4n) is 1.37. The molecule has 0 spiro atoms. The summed E-state index contributed by atoms with van der Waals surface area (Å²) in [6, 6.07) is 3.67.